The molecule has 0 unspecified atom stereocenters. The number of anilines is 1. The molecule has 2 aliphatic heterocycles. The van der Waals surface area contributed by atoms with E-state index in [-0.39, 0.29) is 5.91 Å². The van der Waals surface area contributed by atoms with E-state index in [1.807, 2.05) is 41.4 Å². The van der Waals surface area contributed by atoms with Gasteiger partial charge >= 0.3 is 0 Å². The lowest BCUT2D eigenvalue weighted by Crippen LogP contribution is -2.37. The Labute approximate surface area is 217 Å². The molecule has 0 atom stereocenters. The summed E-state index contributed by atoms with van der Waals surface area (Å²) in [6.45, 7) is 5.66. The first-order valence-electron chi connectivity index (χ1n) is 13.2. The molecule has 6 rings (SSSR count). The molecule has 4 heterocycles. The fraction of sp³-hybridized carbons (Fsp3) is 0.323. The number of imidazole rings is 1. The van der Waals surface area contributed by atoms with Crippen LogP contribution in [-0.4, -0.2) is 51.9 Å². The monoisotopic (exact) mass is 489 g/mol. The zero-order valence-electron chi connectivity index (χ0n) is 21.2. The highest BCUT2D eigenvalue weighted by atomic mass is 16.2. The molecule has 6 heteroatoms. The molecular formula is C31H31N5O. The van der Waals surface area contributed by atoms with Gasteiger partial charge in [0, 0.05) is 48.9 Å². The molecule has 2 aromatic heterocycles. The molecule has 6 nitrogen and oxygen atoms in total. The van der Waals surface area contributed by atoms with E-state index in [9.17, 15) is 4.79 Å². The van der Waals surface area contributed by atoms with Gasteiger partial charge in [-0.15, -0.1) is 6.42 Å². The summed E-state index contributed by atoms with van der Waals surface area (Å²) in [6, 6.07) is 16.3. The van der Waals surface area contributed by atoms with Crippen molar-refractivity contribution in [1.82, 2.24) is 19.9 Å². The number of pyridine rings is 1. The standard InChI is InChI=1S/C31H31N5O/c1-3-22-7-10-23(11-8-22)24-12-16-36(17-13-24)31(37)25-9-6-21(2)26(18-25)30-33-27-19-29(32-20-28(27)34-30)35-14-4-5-15-35/h1,6-11,18-20,24H,4-5,12-17H2,2H3,(H,33,34). The Kier molecular flexibility index (Phi) is 6.13. The quantitative estimate of drug-likeness (QED) is 0.383. The summed E-state index contributed by atoms with van der Waals surface area (Å²) in [5, 5.41) is 0. The highest BCUT2D eigenvalue weighted by Crippen LogP contribution is 2.31. The first kappa shape index (κ1) is 23.3. The Morgan fingerprint density at radius 2 is 1.78 bits per heavy atom. The molecule has 4 aromatic rings. The number of benzene rings is 2. The zero-order chi connectivity index (χ0) is 25.4. The van der Waals surface area contributed by atoms with Crippen molar-refractivity contribution in [3.8, 4) is 23.7 Å². The van der Waals surface area contributed by atoms with Crippen molar-refractivity contribution in [2.24, 2.45) is 0 Å². The molecule has 1 amide bonds. The van der Waals surface area contributed by atoms with Crippen molar-refractivity contribution >= 4 is 22.8 Å². The van der Waals surface area contributed by atoms with Gasteiger partial charge in [-0.05, 0) is 73.9 Å². The number of terminal acetylenes is 1. The highest BCUT2D eigenvalue weighted by Gasteiger charge is 2.25. The maximum absolute atomic E-state index is 13.4. The van der Waals surface area contributed by atoms with Crippen LogP contribution in [-0.2, 0) is 0 Å². The van der Waals surface area contributed by atoms with Crippen LogP contribution in [0, 0.1) is 19.3 Å². The third kappa shape index (κ3) is 4.58. The van der Waals surface area contributed by atoms with Crippen LogP contribution in [0.4, 0.5) is 5.82 Å². The maximum atomic E-state index is 13.4. The zero-order valence-corrected chi connectivity index (χ0v) is 21.2. The Hall–Kier alpha value is -4.11. The number of piperidine rings is 1. The number of carbonyl (C=O) groups is 1. The average molecular weight is 490 g/mol. The van der Waals surface area contributed by atoms with Gasteiger partial charge in [0.1, 0.15) is 11.6 Å². The normalized spacial score (nSPS) is 16.3. The van der Waals surface area contributed by atoms with E-state index in [4.69, 9.17) is 11.4 Å². The van der Waals surface area contributed by atoms with Gasteiger partial charge in [-0.2, -0.15) is 0 Å². The van der Waals surface area contributed by atoms with E-state index in [2.05, 4.69) is 45.9 Å². The molecule has 0 saturated carbocycles. The summed E-state index contributed by atoms with van der Waals surface area (Å²) in [4.78, 5) is 30.7. The van der Waals surface area contributed by atoms with Crippen LogP contribution in [0.5, 0.6) is 0 Å². The van der Waals surface area contributed by atoms with Crippen LogP contribution in [0.25, 0.3) is 22.4 Å². The summed E-state index contributed by atoms with van der Waals surface area (Å²) in [7, 11) is 0. The second-order valence-corrected chi connectivity index (χ2v) is 10.2. The molecule has 186 valence electrons. The van der Waals surface area contributed by atoms with Gasteiger partial charge in [0.15, 0.2) is 0 Å². The number of hydrogen-bond donors (Lipinski definition) is 1. The van der Waals surface area contributed by atoms with Gasteiger partial charge in [-0.1, -0.05) is 24.1 Å². The molecule has 0 radical (unpaired) electrons. The number of nitrogens with zero attached hydrogens (tertiary/aromatic N) is 4. The van der Waals surface area contributed by atoms with Gasteiger partial charge in [0.05, 0.1) is 17.2 Å². The number of carbonyl (C=O) groups excluding carboxylic acids is 1. The number of rotatable bonds is 4. The Morgan fingerprint density at radius 1 is 1.03 bits per heavy atom. The summed E-state index contributed by atoms with van der Waals surface area (Å²) >= 11 is 0. The van der Waals surface area contributed by atoms with Crippen LogP contribution in [0.1, 0.15) is 58.6 Å². The van der Waals surface area contributed by atoms with Crippen LogP contribution in [0.2, 0.25) is 0 Å². The molecular weight excluding hydrogens is 458 g/mol. The number of aromatic nitrogens is 3. The van der Waals surface area contributed by atoms with Crippen LogP contribution in [0.15, 0.2) is 54.7 Å². The first-order chi connectivity index (χ1) is 18.1. The van der Waals surface area contributed by atoms with Gasteiger partial charge in [0.2, 0.25) is 0 Å². The van der Waals surface area contributed by atoms with Crippen molar-refractivity contribution in [3.05, 3.63) is 77.0 Å². The maximum Gasteiger partial charge on any atom is 0.253 e. The smallest absolute Gasteiger partial charge is 0.253 e. The van der Waals surface area contributed by atoms with Crippen molar-refractivity contribution in [3.63, 3.8) is 0 Å². The number of nitrogens with one attached hydrogen (secondary N) is 1. The lowest BCUT2D eigenvalue weighted by molar-refractivity contribution is 0.0713. The minimum absolute atomic E-state index is 0.0801. The van der Waals surface area contributed by atoms with E-state index in [0.29, 0.717) is 11.5 Å². The number of amides is 1. The van der Waals surface area contributed by atoms with E-state index < -0.39 is 0 Å². The lowest BCUT2D eigenvalue weighted by atomic mass is 9.88. The molecule has 0 bridgehead atoms. The van der Waals surface area contributed by atoms with Crippen molar-refractivity contribution in [1.29, 1.82) is 0 Å². The van der Waals surface area contributed by atoms with Crippen molar-refractivity contribution in [2.75, 3.05) is 31.1 Å². The van der Waals surface area contributed by atoms with Crippen molar-refractivity contribution in [2.45, 2.75) is 38.5 Å². The summed E-state index contributed by atoms with van der Waals surface area (Å²) in [6.07, 6.45) is 11.7. The molecule has 2 saturated heterocycles. The summed E-state index contributed by atoms with van der Waals surface area (Å²) in [5.74, 6) is 4.97. The number of aromatic amines is 1. The molecule has 2 fully saturated rings. The predicted octanol–water partition coefficient (Wildman–Crippen LogP) is 5.53. The van der Waals surface area contributed by atoms with E-state index in [0.717, 1.165) is 78.4 Å². The topological polar surface area (TPSA) is 65.1 Å². The Morgan fingerprint density at radius 3 is 2.51 bits per heavy atom. The van der Waals surface area contributed by atoms with Crippen LogP contribution in [0.3, 0.4) is 0 Å². The Bertz CT molecular complexity index is 1480. The predicted molar refractivity (Wildman–Crippen MR) is 148 cm³/mol. The largest absolute Gasteiger partial charge is 0.357 e. The molecule has 37 heavy (non-hydrogen) atoms. The first-order valence-corrected chi connectivity index (χ1v) is 13.2. The Balaban J connectivity index is 1.19. The van der Waals surface area contributed by atoms with Gasteiger partial charge in [-0.25, -0.2) is 9.97 Å². The fourth-order valence-corrected chi connectivity index (χ4v) is 5.61. The molecule has 0 aliphatic carbocycles. The second kappa shape index (κ2) is 9.74. The SMILES string of the molecule is C#Cc1ccc(C2CCN(C(=O)c3ccc(C)c(-c4nc5cc(N6CCCC6)ncc5[nH]4)c3)CC2)cc1. The molecule has 2 aromatic carbocycles. The second-order valence-electron chi connectivity index (χ2n) is 10.2. The van der Waals surface area contributed by atoms with E-state index >= 15 is 0 Å². The molecule has 2 aliphatic rings. The number of hydrogen-bond acceptors (Lipinski definition) is 4. The van der Waals surface area contributed by atoms with Crippen LogP contribution >= 0.6 is 0 Å². The third-order valence-electron chi connectivity index (χ3n) is 7.85. The molecule has 0 spiro atoms. The van der Waals surface area contributed by atoms with Gasteiger partial charge in [-0.3, -0.25) is 4.79 Å². The fourth-order valence-electron chi connectivity index (χ4n) is 5.61. The highest BCUT2D eigenvalue weighted by molar-refractivity contribution is 5.96. The summed E-state index contributed by atoms with van der Waals surface area (Å²) in [5.41, 5.74) is 6.75. The minimum Gasteiger partial charge on any atom is -0.357 e. The lowest BCUT2D eigenvalue weighted by Gasteiger charge is -2.32. The number of H-pyrrole nitrogens is 1. The van der Waals surface area contributed by atoms with Crippen molar-refractivity contribution < 1.29 is 4.79 Å². The number of fused-ring (bicyclic) bond motifs is 1. The van der Waals surface area contributed by atoms with Gasteiger partial charge < -0.3 is 14.8 Å². The van der Waals surface area contributed by atoms with E-state index in [1.165, 1.54) is 18.4 Å². The van der Waals surface area contributed by atoms with E-state index in [1.54, 1.807) is 0 Å². The average Bonchev–Trinajstić information content (AvgIpc) is 3.63. The van der Waals surface area contributed by atoms with Crippen LogP contribution < -0.4 is 4.90 Å². The number of aryl methyl sites for hydroxylation is 1. The molecule has 1 N–H and O–H groups in total. The number of likely N-dealkylation sites (tertiary alicyclic amines) is 1. The third-order valence-corrected chi connectivity index (χ3v) is 7.85. The minimum atomic E-state index is 0.0801. The summed E-state index contributed by atoms with van der Waals surface area (Å²) < 4.78 is 0. The van der Waals surface area contributed by atoms with Gasteiger partial charge in [0.25, 0.3) is 5.91 Å².